The molecule has 3 aromatic rings. The van der Waals surface area contributed by atoms with E-state index in [2.05, 4.69) is 40.5 Å². The van der Waals surface area contributed by atoms with Gasteiger partial charge >= 0.3 is 0 Å². The minimum Gasteiger partial charge on any atom is -0.495 e. The summed E-state index contributed by atoms with van der Waals surface area (Å²) in [5, 5.41) is 5.06. The number of carbonyl (C=O) groups excluding carboxylic acids is 1. The van der Waals surface area contributed by atoms with E-state index in [1.165, 1.54) is 18.4 Å². The van der Waals surface area contributed by atoms with Crippen molar-refractivity contribution in [3.05, 3.63) is 71.8 Å². The summed E-state index contributed by atoms with van der Waals surface area (Å²) in [5.41, 5.74) is 8.72. The van der Waals surface area contributed by atoms with Crippen LogP contribution in [0.3, 0.4) is 0 Å². The number of nitrogens with zero attached hydrogens (tertiary/aromatic N) is 1. The smallest absolute Gasteiger partial charge is 0.255 e. The Morgan fingerprint density at radius 3 is 2.35 bits per heavy atom. The van der Waals surface area contributed by atoms with Gasteiger partial charge in [0.2, 0.25) is 0 Å². The van der Waals surface area contributed by atoms with Gasteiger partial charge in [0.05, 0.1) is 12.7 Å². The van der Waals surface area contributed by atoms with E-state index in [1.54, 1.807) is 13.2 Å². The molecular formula is C26H29N3O2. The molecule has 0 aromatic heterocycles. The monoisotopic (exact) mass is 415 g/mol. The van der Waals surface area contributed by atoms with Gasteiger partial charge in [-0.3, -0.25) is 9.69 Å². The summed E-state index contributed by atoms with van der Waals surface area (Å²) in [4.78, 5) is 15.9. The zero-order chi connectivity index (χ0) is 21.4. The zero-order valence-corrected chi connectivity index (χ0v) is 17.9. The molecule has 160 valence electrons. The molecule has 3 N–H and O–H groups in total. The van der Waals surface area contributed by atoms with Gasteiger partial charge in [0.1, 0.15) is 5.75 Å². The molecule has 5 nitrogen and oxygen atoms in total. The van der Waals surface area contributed by atoms with E-state index in [-0.39, 0.29) is 11.9 Å². The van der Waals surface area contributed by atoms with Crippen LogP contribution in [0.25, 0.3) is 10.8 Å². The normalized spacial score (nSPS) is 23.1. The molecule has 1 unspecified atom stereocenters. The maximum absolute atomic E-state index is 13.2. The molecule has 2 saturated heterocycles. The fraction of sp³-hybridized carbons (Fsp3) is 0.346. The van der Waals surface area contributed by atoms with Crippen molar-refractivity contribution >= 4 is 22.4 Å². The average Bonchev–Trinajstić information content (AvgIpc) is 3.02. The second-order valence-electron chi connectivity index (χ2n) is 8.78. The number of nitrogens with two attached hydrogens (primary N) is 1. The van der Waals surface area contributed by atoms with Crippen molar-refractivity contribution in [2.45, 2.75) is 50.4 Å². The number of hydrogen-bond donors (Lipinski definition) is 2. The molecule has 0 saturated carbocycles. The summed E-state index contributed by atoms with van der Waals surface area (Å²) in [5.74, 6) is 0.488. The second kappa shape index (κ2) is 8.23. The van der Waals surface area contributed by atoms with Crippen LogP contribution in [0.1, 0.15) is 41.6 Å². The first-order chi connectivity index (χ1) is 15.1. The van der Waals surface area contributed by atoms with Gasteiger partial charge in [0.25, 0.3) is 5.91 Å². The van der Waals surface area contributed by atoms with E-state index >= 15 is 0 Å². The summed E-state index contributed by atoms with van der Waals surface area (Å²) in [7, 11) is 1.61. The van der Waals surface area contributed by atoms with Crippen LogP contribution in [-0.2, 0) is 6.54 Å². The highest BCUT2D eigenvalue weighted by Gasteiger charge is 2.41. The maximum atomic E-state index is 13.2. The van der Waals surface area contributed by atoms with Gasteiger partial charge in [-0.1, -0.05) is 54.6 Å². The molecule has 0 spiro atoms. The van der Waals surface area contributed by atoms with Gasteiger partial charge < -0.3 is 15.8 Å². The van der Waals surface area contributed by atoms with E-state index in [1.807, 2.05) is 24.3 Å². The molecule has 1 amide bonds. The van der Waals surface area contributed by atoms with Gasteiger partial charge in [-0.25, -0.2) is 0 Å². The fourth-order valence-electron chi connectivity index (χ4n) is 5.47. The van der Waals surface area contributed by atoms with Crippen LogP contribution in [0.4, 0.5) is 5.69 Å². The highest BCUT2D eigenvalue weighted by atomic mass is 16.5. The van der Waals surface area contributed by atoms with Crippen LogP contribution in [-0.4, -0.2) is 36.0 Å². The third kappa shape index (κ3) is 3.74. The Balaban J connectivity index is 1.32. The molecule has 5 rings (SSSR count). The third-order valence-electron chi connectivity index (χ3n) is 6.90. The summed E-state index contributed by atoms with van der Waals surface area (Å²) in [6.07, 6.45) is 4.38. The minimum atomic E-state index is -0.102. The highest BCUT2D eigenvalue weighted by molar-refractivity contribution is 6.08. The number of piperidine rings is 1. The number of benzene rings is 3. The first-order valence-corrected chi connectivity index (χ1v) is 11.1. The lowest BCUT2D eigenvalue weighted by molar-refractivity contribution is 0.0825. The third-order valence-corrected chi connectivity index (χ3v) is 6.90. The number of amides is 1. The minimum absolute atomic E-state index is 0.102. The van der Waals surface area contributed by atoms with Crippen molar-refractivity contribution in [2.75, 3.05) is 12.8 Å². The van der Waals surface area contributed by atoms with Crippen LogP contribution in [0.5, 0.6) is 5.75 Å². The molecule has 2 aliphatic rings. The lowest BCUT2D eigenvalue weighted by atomic mass is 9.95. The lowest BCUT2D eigenvalue weighted by Gasteiger charge is -2.39. The van der Waals surface area contributed by atoms with Gasteiger partial charge in [0, 0.05) is 41.1 Å². The first-order valence-electron chi connectivity index (χ1n) is 11.1. The SMILES string of the molecule is COc1c(C(=O)NC2C[C@H]3CC[C@@H](C2)N3Cc2ccccc2)cc(N)c2ccccc12. The zero-order valence-electron chi connectivity index (χ0n) is 17.9. The molecule has 0 radical (unpaired) electrons. The number of fused-ring (bicyclic) bond motifs is 3. The maximum Gasteiger partial charge on any atom is 0.255 e. The Morgan fingerprint density at radius 2 is 1.68 bits per heavy atom. The quantitative estimate of drug-likeness (QED) is 0.608. The lowest BCUT2D eigenvalue weighted by Crippen LogP contribution is -2.50. The summed E-state index contributed by atoms with van der Waals surface area (Å²) in [6.45, 7) is 0.992. The van der Waals surface area contributed by atoms with E-state index in [4.69, 9.17) is 10.5 Å². The van der Waals surface area contributed by atoms with E-state index in [0.29, 0.717) is 29.1 Å². The van der Waals surface area contributed by atoms with Gasteiger partial charge in [-0.05, 0) is 37.3 Å². The first kappa shape index (κ1) is 19.9. The summed E-state index contributed by atoms with van der Waals surface area (Å²) >= 11 is 0. The summed E-state index contributed by atoms with van der Waals surface area (Å²) < 4.78 is 5.64. The topological polar surface area (TPSA) is 67.6 Å². The van der Waals surface area contributed by atoms with Crippen LogP contribution >= 0.6 is 0 Å². The number of rotatable bonds is 5. The van der Waals surface area contributed by atoms with Crippen LogP contribution in [0.2, 0.25) is 0 Å². The average molecular weight is 416 g/mol. The predicted octanol–water partition coefficient (Wildman–Crippen LogP) is 4.36. The summed E-state index contributed by atoms with van der Waals surface area (Å²) in [6, 6.07) is 21.4. The van der Waals surface area contributed by atoms with Gasteiger partial charge in [-0.15, -0.1) is 0 Å². The van der Waals surface area contributed by atoms with Crippen LogP contribution in [0, 0.1) is 0 Å². The van der Waals surface area contributed by atoms with Crippen molar-refractivity contribution in [3.8, 4) is 5.75 Å². The molecule has 5 heteroatoms. The van der Waals surface area contributed by atoms with Gasteiger partial charge in [-0.2, -0.15) is 0 Å². The molecular weight excluding hydrogens is 386 g/mol. The number of anilines is 1. The number of carbonyl (C=O) groups is 1. The number of ether oxygens (including phenoxy) is 1. The van der Waals surface area contributed by atoms with E-state index < -0.39 is 0 Å². The van der Waals surface area contributed by atoms with Crippen molar-refractivity contribution in [2.24, 2.45) is 0 Å². The van der Waals surface area contributed by atoms with Crippen molar-refractivity contribution in [3.63, 3.8) is 0 Å². The fourth-order valence-corrected chi connectivity index (χ4v) is 5.47. The predicted molar refractivity (Wildman–Crippen MR) is 124 cm³/mol. The standard InChI is InChI=1S/C26H29N3O2/c1-31-25-22-10-6-5-9-21(22)24(27)15-23(25)26(30)28-18-13-19-11-12-20(14-18)29(19)16-17-7-3-2-4-8-17/h2-10,15,18-20H,11-14,16,27H2,1H3,(H,28,30)/t18?,19-,20+. The van der Waals surface area contributed by atoms with E-state index in [0.717, 1.165) is 30.2 Å². The Morgan fingerprint density at radius 1 is 1.03 bits per heavy atom. The molecule has 3 atom stereocenters. The Labute approximate surface area is 183 Å². The molecule has 2 heterocycles. The Bertz CT molecular complexity index is 1080. The number of methoxy groups -OCH3 is 1. The molecule has 31 heavy (non-hydrogen) atoms. The molecule has 2 fully saturated rings. The second-order valence-corrected chi connectivity index (χ2v) is 8.78. The van der Waals surface area contributed by atoms with Crippen molar-refractivity contribution in [1.82, 2.24) is 10.2 Å². The molecule has 2 bridgehead atoms. The van der Waals surface area contributed by atoms with Crippen molar-refractivity contribution in [1.29, 1.82) is 0 Å². The van der Waals surface area contributed by atoms with E-state index in [9.17, 15) is 4.79 Å². The molecule has 3 aromatic carbocycles. The number of nitrogens with one attached hydrogen (secondary N) is 1. The van der Waals surface area contributed by atoms with Gasteiger partial charge in [0.15, 0.2) is 0 Å². The Hall–Kier alpha value is -3.05. The number of hydrogen-bond acceptors (Lipinski definition) is 4. The molecule has 2 aliphatic heterocycles. The highest BCUT2D eigenvalue weighted by Crippen LogP contribution is 2.38. The number of nitrogen functional groups attached to an aromatic ring is 1. The molecule has 0 aliphatic carbocycles. The van der Waals surface area contributed by atoms with Crippen molar-refractivity contribution < 1.29 is 9.53 Å². The Kier molecular flexibility index (Phi) is 5.28. The largest absolute Gasteiger partial charge is 0.495 e. The van der Waals surface area contributed by atoms with Crippen LogP contribution < -0.4 is 15.8 Å². The van der Waals surface area contributed by atoms with Crippen LogP contribution in [0.15, 0.2) is 60.7 Å².